The fourth-order valence-electron chi connectivity index (χ4n) is 1.32. The van der Waals surface area contributed by atoms with Gasteiger partial charge in [0, 0.05) is 3.57 Å². The lowest BCUT2D eigenvalue weighted by molar-refractivity contribution is 0.478. The average molecular weight is 376 g/mol. The van der Waals surface area contributed by atoms with Gasteiger partial charge < -0.3 is 4.74 Å². The van der Waals surface area contributed by atoms with E-state index in [0.29, 0.717) is 11.5 Å². The van der Waals surface area contributed by atoms with Gasteiger partial charge in [0.25, 0.3) is 10.1 Å². The first-order valence-electron chi connectivity index (χ1n) is 4.96. The highest BCUT2D eigenvalue weighted by molar-refractivity contribution is 14.1. The van der Waals surface area contributed by atoms with E-state index in [9.17, 15) is 8.42 Å². The van der Waals surface area contributed by atoms with Crippen LogP contribution < -0.4 is 4.74 Å². The zero-order valence-electron chi connectivity index (χ0n) is 9.08. The fourth-order valence-corrected chi connectivity index (χ4v) is 2.16. The van der Waals surface area contributed by atoms with Gasteiger partial charge in [0.05, 0.1) is 4.90 Å². The highest BCUT2D eigenvalue weighted by atomic mass is 127. The highest BCUT2D eigenvalue weighted by Gasteiger charge is 2.08. The number of ether oxygens (including phenoxy) is 1. The van der Waals surface area contributed by atoms with Crippen LogP contribution in [-0.2, 0) is 10.1 Å². The Balaban J connectivity index is 2.18. The van der Waals surface area contributed by atoms with Gasteiger partial charge in [0.2, 0.25) is 0 Å². The Morgan fingerprint density at radius 3 is 1.78 bits per heavy atom. The van der Waals surface area contributed by atoms with Crippen molar-refractivity contribution in [2.45, 2.75) is 4.90 Å². The summed E-state index contributed by atoms with van der Waals surface area (Å²) >= 11 is 2.19. The summed E-state index contributed by atoms with van der Waals surface area (Å²) in [4.78, 5) is -0.155. The van der Waals surface area contributed by atoms with Crippen LogP contribution in [0.25, 0.3) is 0 Å². The zero-order valence-corrected chi connectivity index (χ0v) is 12.1. The Labute approximate surface area is 118 Å². The smallest absolute Gasteiger partial charge is 0.294 e. The van der Waals surface area contributed by atoms with Crippen LogP contribution in [0.3, 0.4) is 0 Å². The molecule has 0 atom stereocenters. The maximum Gasteiger partial charge on any atom is 0.294 e. The fraction of sp³-hybridized carbons (Fsp3) is 0. The van der Waals surface area contributed by atoms with Crippen molar-refractivity contribution >= 4 is 32.7 Å². The Morgan fingerprint density at radius 2 is 1.33 bits per heavy atom. The van der Waals surface area contributed by atoms with Crippen molar-refractivity contribution in [2.24, 2.45) is 0 Å². The lowest BCUT2D eigenvalue weighted by Crippen LogP contribution is -1.97. The molecule has 4 nitrogen and oxygen atoms in total. The first-order chi connectivity index (χ1) is 8.45. The van der Waals surface area contributed by atoms with Crippen molar-refractivity contribution in [2.75, 3.05) is 0 Å². The Bertz CT molecular complexity index is 633. The molecule has 0 fully saturated rings. The second-order valence-electron chi connectivity index (χ2n) is 3.50. The summed E-state index contributed by atoms with van der Waals surface area (Å²) in [5, 5.41) is 0. The van der Waals surface area contributed by atoms with Gasteiger partial charge >= 0.3 is 0 Å². The predicted molar refractivity (Wildman–Crippen MR) is 75.5 cm³/mol. The minimum absolute atomic E-state index is 0.155. The molecule has 2 aromatic rings. The zero-order chi connectivity index (χ0) is 13.2. The van der Waals surface area contributed by atoms with Crippen LogP contribution in [0.5, 0.6) is 11.5 Å². The summed E-state index contributed by atoms with van der Waals surface area (Å²) in [6, 6.07) is 13.0. The molecule has 1 N–H and O–H groups in total. The van der Waals surface area contributed by atoms with Crippen molar-refractivity contribution in [3.8, 4) is 11.5 Å². The molecule has 6 heteroatoms. The van der Waals surface area contributed by atoms with Gasteiger partial charge in [0.15, 0.2) is 0 Å². The minimum atomic E-state index is -4.15. The van der Waals surface area contributed by atoms with Crippen LogP contribution >= 0.6 is 22.6 Å². The van der Waals surface area contributed by atoms with E-state index in [0.717, 1.165) is 3.57 Å². The van der Waals surface area contributed by atoms with E-state index in [2.05, 4.69) is 22.6 Å². The van der Waals surface area contributed by atoms with Crippen LogP contribution in [0.15, 0.2) is 53.4 Å². The van der Waals surface area contributed by atoms with Crippen molar-refractivity contribution in [3.05, 3.63) is 52.1 Å². The van der Waals surface area contributed by atoms with Crippen LogP contribution in [0, 0.1) is 3.57 Å². The van der Waals surface area contributed by atoms with Crippen molar-refractivity contribution in [3.63, 3.8) is 0 Å². The SMILES string of the molecule is O=S(=O)(O)c1ccc(Oc2ccc(I)cc2)cc1. The molecule has 0 saturated carbocycles. The minimum Gasteiger partial charge on any atom is -0.457 e. The summed E-state index contributed by atoms with van der Waals surface area (Å²) in [7, 11) is -4.15. The molecule has 0 saturated heterocycles. The molecule has 0 amide bonds. The van der Waals surface area contributed by atoms with E-state index in [1.807, 2.05) is 24.3 Å². The Hall–Kier alpha value is -1.12. The molecule has 94 valence electrons. The van der Waals surface area contributed by atoms with E-state index in [1.165, 1.54) is 24.3 Å². The third-order valence-corrected chi connectivity index (χ3v) is 3.76. The van der Waals surface area contributed by atoms with Gasteiger partial charge in [-0.2, -0.15) is 8.42 Å². The quantitative estimate of drug-likeness (QED) is 0.660. The van der Waals surface area contributed by atoms with Crippen LogP contribution in [-0.4, -0.2) is 13.0 Å². The summed E-state index contributed by atoms with van der Waals surface area (Å²) < 4.78 is 37.2. The molecule has 0 aromatic heterocycles. The number of rotatable bonds is 3. The van der Waals surface area contributed by atoms with Crippen molar-refractivity contribution in [1.29, 1.82) is 0 Å². The van der Waals surface area contributed by atoms with E-state index in [4.69, 9.17) is 9.29 Å². The summed E-state index contributed by atoms with van der Waals surface area (Å²) in [5.41, 5.74) is 0. The van der Waals surface area contributed by atoms with Crippen LogP contribution in [0.4, 0.5) is 0 Å². The Kier molecular flexibility index (Phi) is 3.88. The first-order valence-corrected chi connectivity index (χ1v) is 7.48. The topological polar surface area (TPSA) is 63.6 Å². The number of halogens is 1. The van der Waals surface area contributed by atoms with E-state index in [-0.39, 0.29) is 4.90 Å². The summed E-state index contributed by atoms with van der Waals surface area (Å²) in [5.74, 6) is 1.17. The largest absolute Gasteiger partial charge is 0.457 e. The molecule has 0 radical (unpaired) electrons. The molecule has 2 rings (SSSR count). The third kappa shape index (κ3) is 3.44. The van der Waals surface area contributed by atoms with Crippen LogP contribution in [0.1, 0.15) is 0 Å². The molecule has 2 aromatic carbocycles. The maximum absolute atomic E-state index is 10.9. The molecule has 0 spiro atoms. The van der Waals surface area contributed by atoms with Gasteiger partial charge in [-0.15, -0.1) is 0 Å². The molecule has 0 aliphatic heterocycles. The number of hydrogen-bond donors (Lipinski definition) is 1. The van der Waals surface area contributed by atoms with Crippen molar-refractivity contribution < 1.29 is 17.7 Å². The average Bonchev–Trinajstić information content (AvgIpc) is 2.32. The normalized spacial score (nSPS) is 11.2. The van der Waals surface area contributed by atoms with E-state index >= 15 is 0 Å². The molecular formula is C12H9IO4S. The summed E-state index contributed by atoms with van der Waals surface area (Å²) in [6.45, 7) is 0. The molecule has 0 heterocycles. The first kappa shape index (κ1) is 13.3. The Morgan fingerprint density at radius 1 is 0.889 bits per heavy atom. The molecule has 0 bridgehead atoms. The molecule has 0 aliphatic carbocycles. The summed E-state index contributed by atoms with van der Waals surface area (Å²) in [6.07, 6.45) is 0. The maximum atomic E-state index is 10.9. The highest BCUT2D eigenvalue weighted by Crippen LogP contribution is 2.23. The molecule has 18 heavy (non-hydrogen) atoms. The second kappa shape index (κ2) is 5.25. The predicted octanol–water partition coefficient (Wildman–Crippen LogP) is 3.33. The van der Waals surface area contributed by atoms with E-state index in [1.54, 1.807) is 0 Å². The van der Waals surface area contributed by atoms with Crippen molar-refractivity contribution in [1.82, 2.24) is 0 Å². The molecular weight excluding hydrogens is 367 g/mol. The van der Waals surface area contributed by atoms with Gasteiger partial charge in [0.1, 0.15) is 11.5 Å². The van der Waals surface area contributed by atoms with Gasteiger partial charge in [-0.1, -0.05) is 0 Å². The van der Waals surface area contributed by atoms with Gasteiger partial charge in [-0.25, -0.2) is 0 Å². The van der Waals surface area contributed by atoms with Gasteiger partial charge in [-0.05, 0) is 71.1 Å². The standard InChI is InChI=1S/C12H9IO4S/c13-9-1-3-10(4-2-9)17-11-5-7-12(8-6-11)18(14,15)16/h1-8H,(H,14,15,16). The van der Waals surface area contributed by atoms with E-state index < -0.39 is 10.1 Å². The second-order valence-corrected chi connectivity index (χ2v) is 6.17. The van der Waals surface area contributed by atoms with Gasteiger partial charge in [-0.3, -0.25) is 4.55 Å². The number of benzene rings is 2. The molecule has 0 unspecified atom stereocenters. The van der Waals surface area contributed by atoms with Crippen LogP contribution in [0.2, 0.25) is 0 Å². The lowest BCUT2D eigenvalue weighted by Gasteiger charge is -2.06. The third-order valence-electron chi connectivity index (χ3n) is 2.17. The number of hydrogen-bond acceptors (Lipinski definition) is 3. The monoisotopic (exact) mass is 376 g/mol. The molecule has 0 aliphatic rings. The lowest BCUT2D eigenvalue weighted by atomic mass is 10.3.